The number of halogens is 3. The van der Waals surface area contributed by atoms with Crippen molar-refractivity contribution in [2.75, 3.05) is 0 Å². The van der Waals surface area contributed by atoms with Crippen molar-refractivity contribution in [2.24, 2.45) is 0 Å². The lowest BCUT2D eigenvalue weighted by atomic mass is 10.1. The molecule has 2 aromatic heterocycles. The molecule has 0 N–H and O–H groups in total. The van der Waals surface area contributed by atoms with Crippen molar-refractivity contribution < 1.29 is 13.2 Å². The molecule has 21 heavy (non-hydrogen) atoms. The van der Waals surface area contributed by atoms with Gasteiger partial charge in [0, 0.05) is 12.4 Å². The molecule has 0 amide bonds. The van der Waals surface area contributed by atoms with Crippen molar-refractivity contribution in [1.82, 2.24) is 19.2 Å². The number of hydrogen-bond donors (Lipinski definition) is 0. The van der Waals surface area contributed by atoms with Gasteiger partial charge in [0.1, 0.15) is 6.33 Å². The first-order valence-corrected chi connectivity index (χ1v) is 5.98. The van der Waals surface area contributed by atoms with E-state index < -0.39 is 17.3 Å². The Bertz CT molecular complexity index is 879. The molecule has 3 rings (SSSR count). The van der Waals surface area contributed by atoms with Crippen molar-refractivity contribution >= 4 is 5.65 Å². The van der Waals surface area contributed by atoms with Crippen LogP contribution in [0, 0.1) is 6.92 Å². The summed E-state index contributed by atoms with van der Waals surface area (Å²) in [7, 11) is 0. The lowest BCUT2D eigenvalue weighted by molar-refractivity contribution is -0.138. The maximum Gasteiger partial charge on any atom is 0.416 e. The Morgan fingerprint density at radius 3 is 2.67 bits per heavy atom. The van der Waals surface area contributed by atoms with Crippen molar-refractivity contribution in [3.8, 4) is 5.69 Å². The Balaban J connectivity index is 2.29. The molecular weight excluding hydrogens is 285 g/mol. The Morgan fingerprint density at radius 2 is 1.95 bits per heavy atom. The van der Waals surface area contributed by atoms with Crippen molar-refractivity contribution in [1.29, 1.82) is 0 Å². The first-order chi connectivity index (χ1) is 9.89. The van der Waals surface area contributed by atoms with Gasteiger partial charge in [-0.05, 0) is 24.6 Å². The molecule has 0 spiro atoms. The predicted octanol–water partition coefficient (Wildman–Crippen LogP) is 2.21. The third kappa shape index (κ3) is 2.08. The van der Waals surface area contributed by atoms with E-state index in [1.165, 1.54) is 42.2 Å². The number of nitrogens with zero attached hydrogens (tertiary/aromatic N) is 4. The molecule has 0 saturated heterocycles. The van der Waals surface area contributed by atoms with E-state index in [0.717, 1.165) is 10.6 Å². The molecule has 0 aliphatic rings. The van der Waals surface area contributed by atoms with Gasteiger partial charge >= 0.3 is 11.7 Å². The fourth-order valence-corrected chi connectivity index (χ4v) is 2.20. The van der Waals surface area contributed by atoms with Crippen LogP contribution < -0.4 is 5.56 Å². The van der Waals surface area contributed by atoms with Crippen molar-refractivity contribution in [3.05, 3.63) is 58.4 Å². The third-order valence-corrected chi connectivity index (χ3v) is 3.23. The SMILES string of the molecule is Cc1c(-n2ccn3cnnc3c2=O)cccc1C(F)(F)F. The Hall–Kier alpha value is -2.64. The summed E-state index contributed by atoms with van der Waals surface area (Å²) >= 11 is 0. The molecular formula is C13H9F3N4O. The van der Waals surface area contributed by atoms with E-state index in [-0.39, 0.29) is 16.9 Å². The molecule has 3 aromatic rings. The maximum atomic E-state index is 12.9. The first-order valence-electron chi connectivity index (χ1n) is 5.98. The van der Waals surface area contributed by atoms with Crippen LogP contribution in [0.15, 0.2) is 41.7 Å². The highest BCUT2D eigenvalue weighted by molar-refractivity contribution is 5.48. The maximum absolute atomic E-state index is 12.9. The monoisotopic (exact) mass is 294 g/mol. The van der Waals surface area contributed by atoms with E-state index in [9.17, 15) is 18.0 Å². The van der Waals surface area contributed by atoms with Crippen LogP contribution >= 0.6 is 0 Å². The zero-order valence-electron chi connectivity index (χ0n) is 10.8. The van der Waals surface area contributed by atoms with Crippen LogP contribution in [0.3, 0.4) is 0 Å². The highest BCUT2D eigenvalue weighted by Gasteiger charge is 2.33. The average molecular weight is 294 g/mol. The molecule has 0 radical (unpaired) electrons. The van der Waals surface area contributed by atoms with Gasteiger partial charge in [-0.3, -0.25) is 13.8 Å². The van der Waals surface area contributed by atoms with Gasteiger partial charge in [-0.15, -0.1) is 10.2 Å². The van der Waals surface area contributed by atoms with Gasteiger partial charge in [0.15, 0.2) is 0 Å². The lowest BCUT2D eigenvalue weighted by Crippen LogP contribution is -2.21. The molecule has 0 atom stereocenters. The fraction of sp³-hybridized carbons (Fsp3) is 0.154. The zero-order chi connectivity index (χ0) is 15.2. The molecule has 2 heterocycles. The summed E-state index contributed by atoms with van der Waals surface area (Å²) in [5.74, 6) is 0. The molecule has 0 bridgehead atoms. The molecule has 108 valence electrons. The number of hydrogen-bond acceptors (Lipinski definition) is 3. The minimum absolute atomic E-state index is 0.0176. The van der Waals surface area contributed by atoms with E-state index in [1.54, 1.807) is 0 Å². The summed E-state index contributed by atoms with van der Waals surface area (Å²) in [6.07, 6.45) is -0.222. The molecule has 5 nitrogen and oxygen atoms in total. The summed E-state index contributed by atoms with van der Waals surface area (Å²) in [5, 5.41) is 7.26. The number of fused-ring (bicyclic) bond motifs is 1. The smallest absolute Gasteiger partial charge is 0.283 e. The van der Waals surface area contributed by atoms with E-state index in [1.807, 2.05) is 0 Å². The van der Waals surface area contributed by atoms with Crippen LogP contribution in [0.5, 0.6) is 0 Å². The van der Waals surface area contributed by atoms with Crippen molar-refractivity contribution in [3.63, 3.8) is 0 Å². The normalized spacial score (nSPS) is 12.0. The topological polar surface area (TPSA) is 52.2 Å². The largest absolute Gasteiger partial charge is 0.416 e. The van der Waals surface area contributed by atoms with Gasteiger partial charge in [-0.2, -0.15) is 13.2 Å². The van der Waals surface area contributed by atoms with Crippen molar-refractivity contribution in [2.45, 2.75) is 13.1 Å². The third-order valence-electron chi connectivity index (χ3n) is 3.23. The Morgan fingerprint density at radius 1 is 1.19 bits per heavy atom. The predicted molar refractivity (Wildman–Crippen MR) is 68.3 cm³/mol. The molecule has 0 aliphatic heterocycles. The minimum atomic E-state index is -4.47. The standard InChI is InChI=1S/C13H9F3N4O/c1-8-9(13(14,15)16)3-2-4-10(8)20-6-5-19-7-17-18-11(19)12(20)21/h2-7H,1H3. The summed E-state index contributed by atoms with van der Waals surface area (Å²) < 4.78 is 41.3. The highest BCUT2D eigenvalue weighted by atomic mass is 19.4. The zero-order valence-corrected chi connectivity index (χ0v) is 10.8. The van der Waals surface area contributed by atoms with Gasteiger partial charge < -0.3 is 0 Å². The van der Waals surface area contributed by atoms with E-state index in [4.69, 9.17) is 0 Å². The van der Waals surface area contributed by atoms with E-state index in [0.29, 0.717) is 0 Å². The first kappa shape index (κ1) is 13.3. The van der Waals surface area contributed by atoms with Crippen LogP contribution in [0.4, 0.5) is 13.2 Å². The molecule has 0 aliphatic carbocycles. The fourth-order valence-electron chi connectivity index (χ4n) is 2.20. The number of benzene rings is 1. The Kier molecular flexibility index (Phi) is 2.82. The summed E-state index contributed by atoms with van der Waals surface area (Å²) in [6.45, 7) is 1.33. The molecule has 0 unspecified atom stereocenters. The van der Waals surface area contributed by atoms with Crippen LogP contribution in [0.25, 0.3) is 11.3 Å². The van der Waals surface area contributed by atoms with Gasteiger partial charge in [-0.1, -0.05) is 6.07 Å². The van der Waals surface area contributed by atoms with Crippen LogP contribution in [0.2, 0.25) is 0 Å². The number of aromatic nitrogens is 4. The van der Waals surface area contributed by atoms with Gasteiger partial charge in [0.2, 0.25) is 5.65 Å². The summed E-state index contributed by atoms with van der Waals surface area (Å²) in [6, 6.07) is 3.71. The van der Waals surface area contributed by atoms with Crippen LogP contribution in [-0.4, -0.2) is 19.2 Å². The Labute approximate surface area is 116 Å². The summed E-state index contributed by atoms with van der Waals surface area (Å²) in [5.41, 5.74) is -1.10. The van der Waals surface area contributed by atoms with Crippen LogP contribution in [0.1, 0.15) is 11.1 Å². The van der Waals surface area contributed by atoms with Gasteiger partial charge in [0.25, 0.3) is 0 Å². The molecule has 0 fully saturated rings. The van der Waals surface area contributed by atoms with Crippen LogP contribution in [-0.2, 0) is 6.18 Å². The minimum Gasteiger partial charge on any atom is -0.283 e. The quantitative estimate of drug-likeness (QED) is 0.691. The molecule has 8 heteroatoms. The van der Waals surface area contributed by atoms with Gasteiger partial charge in [-0.25, -0.2) is 0 Å². The average Bonchev–Trinajstić information content (AvgIpc) is 2.88. The second kappa shape index (κ2) is 4.44. The second-order valence-electron chi connectivity index (χ2n) is 4.48. The van der Waals surface area contributed by atoms with E-state index in [2.05, 4.69) is 10.2 Å². The van der Waals surface area contributed by atoms with Gasteiger partial charge in [0.05, 0.1) is 11.3 Å². The highest BCUT2D eigenvalue weighted by Crippen LogP contribution is 2.33. The molecule has 0 saturated carbocycles. The van der Waals surface area contributed by atoms with E-state index >= 15 is 0 Å². The second-order valence-corrected chi connectivity index (χ2v) is 4.48. The number of alkyl halides is 3. The molecule has 1 aromatic carbocycles. The number of rotatable bonds is 1. The lowest BCUT2D eigenvalue weighted by Gasteiger charge is -2.15. The summed E-state index contributed by atoms with van der Waals surface area (Å²) in [4.78, 5) is 12.3.